The molecule has 0 aliphatic carbocycles. The highest BCUT2D eigenvalue weighted by molar-refractivity contribution is 7.98. The van der Waals surface area contributed by atoms with Crippen molar-refractivity contribution in [1.82, 2.24) is 14.8 Å². The summed E-state index contributed by atoms with van der Waals surface area (Å²) < 4.78 is 1.30. The van der Waals surface area contributed by atoms with Gasteiger partial charge in [0.15, 0.2) is 0 Å². The first kappa shape index (κ1) is 9.05. The molecular weight excluding hydrogens is 178 g/mol. The zero-order valence-electron chi connectivity index (χ0n) is 6.61. The quantitative estimate of drug-likeness (QED) is 0.635. The third-order valence-electron chi connectivity index (χ3n) is 1.35. The van der Waals surface area contributed by atoms with Crippen molar-refractivity contribution in [2.75, 3.05) is 12.0 Å². The largest absolute Gasteiger partial charge is 0.330 e. The summed E-state index contributed by atoms with van der Waals surface area (Å²) in [5.74, 6) is 0.797. The molecule has 5 nitrogen and oxygen atoms in total. The van der Waals surface area contributed by atoms with Crippen LogP contribution in [0.1, 0.15) is 0 Å². The molecule has 0 bridgehead atoms. The molecule has 0 aromatic carbocycles. The minimum absolute atomic E-state index is 0.525. The van der Waals surface area contributed by atoms with Gasteiger partial charge >= 0.3 is 11.1 Å². The highest BCUT2D eigenvalue weighted by Gasteiger charge is 1.98. The Morgan fingerprint density at radius 3 is 3.08 bits per heavy atom. The maximum Gasteiger partial charge on any atom is 0.330 e. The fourth-order valence-corrected chi connectivity index (χ4v) is 1.12. The van der Waals surface area contributed by atoms with Gasteiger partial charge in [-0.25, -0.2) is 5.10 Å². The Balaban J connectivity index is 2.93. The van der Waals surface area contributed by atoms with Gasteiger partial charge in [0.25, 0.3) is 0 Å². The zero-order chi connectivity index (χ0) is 8.97. The van der Waals surface area contributed by atoms with Crippen molar-refractivity contribution >= 4 is 11.8 Å². The molecule has 0 spiro atoms. The van der Waals surface area contributed by atoms with Crippen molar-refractivity contribution in [2.24, 2.45) is 0 Å². The number of nitrogens with zero attached hydrogens (tertiary/aromatic N) is 2. The van der Waals surface area contributed by atoms with E-state index in [9.17, 15) is 9.59 Å². The lowest BCUT2D eigenvalue weighted by Gasteiger charge is -1.99. The van der Waals surface area contributed by atoms with Gasteiger partial charge < -0.3 is 0 Å². The number of thioether (sulfide) groups is 1. The van der Waals surface area contributed by atoms with E-state index in [4.69, 9.17) is 0 Å². The minimum Gasteiger partial charge on any atom is -0.292 e. The number of aromatic amines is 1. The smallest absolute Gasteiger partial charge is 0.292 e. The standard InChI is InChI=1S/C6H9N3O2S/c1-12-3-2-9-4-7-8-5(10)6(9)11/h4H,2-3H2,1H3,(H,8,10). The van der Waals surface area contributed by atoms with Crippen molar-refractivity contribution in [2.45, 2.75) is 6.54 Å². The Morgan fingerprint density at radius 1 is 1.67 bits per heavy atom. The molecule has 0 saturated carbocycles. The van der Waals surface area contributed by atoms with Crippen LogP contribution in [0, 0.1) is 0 Å². The molecular formula is C6H9N3O2S. The van der Waals surface area contributed by atoms with Crippen LogP contribution in [0.5, 0.6) is 0 Å². The Bertz CT molecular complexity index is 356. The van der Waals surface area contributed by atoms with E-state index in [1.807, 2.05) is 6.26 Å². The second-order valence-corrected chi connectivity index (χ2v) is 3.16. The van der Waals surface area contributed by atoms with Crippen LogP contribution in [0.2, 0.25) is 0 Å². The van der Waals surface area contributed by atoms with Gasteiger partial charge in [-0.15, -0.1) is 0 Å². The number of hydrogen-bond acceptors (Lipinski definition) is 4. The van der Waals surface area contributed by atoms with Crippen molar-refractivity contribution in [3.05, 3.63) is 27.0 Å². The maximum atomic E-state index is 11.0. The zero-order valence-corrected chi connectivity index (χ0v) is 7.43. The summed E-state index contributed by atoms with van der Waals surface area (Å²) in [6, 6.07) is 0. The van der Waals surface area contributed by atoms with Gasteiger partial charge in [0.2, 0.25) is 0 Å². The lowest BCUT2D eigenvalue weighted by atomic mass is 10.6. The van der Waals surface area contributed by atoms with Gasteiger partial charge in [-0.2, -0.15) is 16.9 Å². The number of H-pyrrole nitrogens is 1. The molecule has 0 unspecified atom stereocenters. The Labute approximate surface area is 72.8 Å². The van der Waals surface area contributed by atoms with Crippen molar-refractivity contribution in [1.29, 1.82) is 0 Å². The van der Waals surface area contributed by atoms with Gasteiger partial charge in [0, 0.05) is 12.3 Å². The molecule has 0 amide bonds. The predicted molar refractivity (Wildman–Crippen MR) is 47.5 cm³/mol. The third kappa shape index (κ3) is 1.97. The van der Waals surface area contributed by atoms with E-state index < -0.39 is 11.1 Å². The highest BCUT2D eigenvalue weighted by Crippen LogP contribution is 1.90. The Morgan fingerprint density at radius 2 is 2.42 bits per heavy atom. The number of nitrogens with one attached hydrogen (secondary N) is 1. The molecule has 0 aliphatic heterocycles. The lowest BCUT2D eigenvalue weighted by Crippen LogP contribution is -2.37. The summed E-state index contributed by atoms with van der Waals surface area (Å²) in [5, 5.41) is 5.58. The molecule has 1 rings (SSSR count). The van der Waals surface area contributed by atoms with E-state index in [-0.39, 0.29) is 0 Å². The van der Waals surface area contributed by atoms with Crippen molar-refractivity contribution in [3.63, 3.8) is 0 Å². The summed E-state index contributed by atoms with van der Waals surface area (Å²) in [7, 11) is 0. The van der Waals surface area contributed by atoms with Gasteiger partial charge in [-0.3, -0.25) is 14.2 Å². The number of rotatable bonds is 3. The van der Waals surface area contributed by atoms with E-state index in [0.717, 1.165) is 5.75 Å². The molecule has 0 radical (unpaired) electrons. The monoisotopic (exact) mass is 187 g/mol. The van der Waals surface area contributed by atoms with Crippen LogP contribution < -0.4 is 11.1 Å². The summed E-state index contributed by atoms with van der Waals surface area (Å²) in [6.07, 6.45) is 3.27. The topological polar surface area (TPSA) is 67.8 Å². The number of aromatic nitrogens is 3. The second kappa shape index (κ2) is 4.10. The normalized spacial score (nSPS) is 10.1. The molecule has 12 heavy (non-hydrogen) atoms. The summed E-state index contributed by atoms with van der Waals surface area (Å²) in [6.45, 7) is 0.525. The summed E-state index contributed by atoms with van der Waals surface area (Å²) in [5.41, 5.74) is -1.21. The van der Waals surface area contributed by atoms with E-state index in [2.05, 4.69) is 10.2 Å². The van der Waals surface area contributed by atoms with Gasteiger partial charge in [0.05, 0.1) is 0 Å². The van der Waals surface area contributed by atoms with Gasteiger partial charge in [0.1, 0.15) is 6.33 Å². The van der Waals surface area contributed by atoms with E-state index >= 15 is 0 Å². The van der Waals surface area contributed by atoms with Crippen LogP contribution in [0.15, 0.2) is 15.9 Å². The van der Waals surface area contributed by atoms with E-state index in [1.165, 1.54) is 10.9 Å². The molecule has 1 aromatic rings. The third-order valence-corrected chi connectivity index (χ3v) is 1.95. The Kier molecular flexibility index (Phi) is 3.09. The summed E-state index contributed by atoms with van der Waals surface area (Å²) >= 11 is 1.61. The molecule has 0 atom stereocenters. The average molecular weight is 187 g/mol. The maximum absolute atomic E-state index is 11.0. The molecule has 1 heterocycles. The fraction of sp³-hybridized carbons (Fsp3) is 0.500. The van der Waals surface area contributed by atoms with Crippen LogP contribution in [-0.2, 0) is 6.54 Å². The first-order valence-electron chi connectivity index (χ1n) is 3.39. The molecule has 1 N–H and O–H groups in total. The summed E-state index contributed by atoms with van der Waals surface area (Å²) in [4.78, 5) is 21.8. The SMILES string of the molecule is CSCCn1cn[nH]c(=O)c1=O. The van der Waals surface area contributed by atoms with Crippen LogP contribution in [0.3, 0.4) is 0 Å². The average Bonchev–Trinajstić information content (AvgIpc) is 2.08. The van der Waals surface area contributed by atoms with E-state index in [0.29, 0.717) is 6.54 Å². The molecule has 0 aliphatic rings. The number of aryl methyl sites for hydroxylation is 1. The lowest BCUT2D eigenvalue weighted by molar-refractivity contribution is 0.675. The molecule has 1 aromatic heterocycles. The molecule has 0 saturated heterocycles. The fourth-order valence-electron chi connectivity index (χ4n) is 0.737. The van der Waals surface area contributed by atoms with Crippen LogP contribution >= 0.6 is 11.8 Å². The van der Waals surface area contributed by atoms with Gasteiger partial charge in [-0.1, -0.05) is 0 Å². The first-order chi connectivity index (χ1) is 5.75. The van der Waals surface area contributed by atoms with Crippen LogP contribution in [0.4, 0.5) is 0 Å². The van der Waals surface area contributed by atoms with E-state index in [1.54, 1.807) is 11.8 Å². The minimum atomic E-state index is -0.668. The highest BCUT2D eigenvalue weighted by atomic mass is 32.2. The van der Waals surface area contributed by atoms with Crippen molar-refractivity contribution < 1.29 is 0 Å². The van der Waals surface area contributed by atoms with Crippen LogP contribution in [-0.4, -0.2) is 26.8 Å². The Hall–Kier alpha value is -1.04. The van der Waals surface area contributed by atoms with Crippen LogP contribution in [0.25, 0.3) is 0 Å². The van der Waals surface area contributed by atoms with Crippen molar-refractivity contribution in [3.8, 4) is 0 Å². The predicted octanol–water partition coefficient (Wildman–Crippen LogP) is -0.705. The molecule has 6 heteroatoms. The molecule has 0 fully saturated rings. The number of hydrogen-bond donors (Lipinski definition) is 1. The second-order valence-electron chi connectivity index (χ2n) is 2.18. The van der Waals surface area contributed by atoms with Gasteiger partial charge in [-0.05, 0) is 6.26 Å². The first-order valence-corrected chi connectivity index (χ1v) is 4.78. The molecule has 66 valence electrons.